The number of carbonyl (C=O) groups is 1. The number of carbonyl (C=O) groups excluding carboxylic acids is 1. The average Bonchev–Trinajstić information content (AvgIpc) is 3.32. The minimum Gasteiger partial charge on any atom is -0.410 e. The summed E-state index contributed by atoms with van der Waals surface area (Å²) in [6, 6.07) is 6.96. The van der Waals surface area contributed by atoms with E-state index in [4.69, 9.17) is 4.74 Å². The van der Waals surface area contributed by atoms with E-state index in [0.717, 1.165) is 18.1 Å². The van der Waals surface area contributed by atoms with E-state index in [0.29, 0.717) is 12.0 Å². The molecule has 28 heavy (non-hydrogen) atoms. The highest BCUT2D eigenvalue weighted by atomic mass is 35.5. The molecule has 3 aliphatic rings. The van der Waals surface area contributed by atoms with Gasteiger partial charge >= 0.3 is 6.09 Å². The van der Waals surface area contributed by atoms with Crippen LogP contribution in [0.1, 0.15) is 68.4 Å². The molecule has 2 unspecified atom stereocenters. The number of hydrogen-bond acceptors (Lipinski definition) is 3. The standard InChI is InChI=1S/C23H34N2O2.ClH/c1-24(2)23(26)27-22-11-5-10-18-19-14-16-25(21(19)13-12-20(18)22)15-6-9-17-7-3-4-8-17;/h5,10-11,17,19,21H,3-4,6-9,12-16H2,1-2H3;1H. The van der Waals surface area contributed by atoms with Gasteiger partial charge in [0.25, 0.3) is 0 Å². The molecule has 0 aromatic heterocycles. The predicted molar refractivity (Wildman–Crippen MR) is 116 cm³/mol. The molecule has 1 aromatic rings. The SMILES string of the molecule is CN(C)C(=O)Oc1cccc2c1CCC1C2CCN1CCCC1CCCC1.Cl. The summed E-state index contributed by atoms with van der Waals surface area (Å²) in [6.07, 6.45) is 11.8. The zero-order chi connectivity index (χ0) is 18.8. The third-order valence-corrected chi connectivity index (χ3v) is 7.01. The fourth-order valence-corrected chi connectivity index (χ4v) is 5.59. The number of likely N-dealkylation sites (tertiary alicyclic amines) is 1. The van der Waals surface area contributed by atoms with Crippen molar-refractivity contribution in [1.82, 2.24) is 9.80 Å². The minimum atomic E-state index is -0.287. The quantitative estimate of drug-likeness (QED) is 0.670. The third-order valence-electron chi connectivity index (χ3n) is 7.01. The minimum absolute atomic E-state index is 0. The summed E-state index contributed by atoms with van der Waals surface area (Å²) in [7, 11) is 3.46. The Labute approximate surface area is 176 Å². The summed E-state index contributed by atoms with van der Waals surface area (Å²) >= 11 is 0. The lowest BCUT2D eigenvalue weighted by Crippen LogP contribution is -2.36. The van der Waals surface area contributed by atoms with E-state index in [9.17, 15) is 4.79 Å². The van der Waals surface area contributed by atoms with E-state index < -0.39 is 0 Å². The van der Waals surface area contributed by atoms with Gasteiger partial charge in [0.2, 0.25) is 0 Å². The van der Waals surface area contributed by atoms with Crippen LogP contribution in [0.4, 0.5) is 4.79 Å². The van der Waals surface area contributed by atoms with E-state index in [1.165, 1.54) is 80.5 Å². The topological polar surface area (TPSA) is 32.8 Å². The van der Waals surface area contributed by atoms with Crippen LogP contribution >= 0.6 is 12.4 Å². The van der Waals surface area contributed by atoms with Gasteiger partial charge < -0.3 is 9.64 Å². The van der Waals surface area contributed by atoms with Crippen LogP contribution in [0, 0.1) is 5.92 Å². The Balaban J connectivity index is 0.00000225. The maximum atomic E-state index is 12.0. The van der Waals surface area contributed by atoms with Crippen molar-refractivity contribution in [3.8, 4) is 5.75 Å². The highest BCUT2D eigenvalue weighted by molar-refractivity contribution is 5.85. The lowest BCUT2D eigenvalue weighted by atomic mass is 9.79. The second kappa shape index (κ2) is 9.49. The fourth-order valence-electron chi connectivity index (χ4n) is 5.59. The number of amides is 1. The molecular weight excluding hydrogens is 372 g/mol. The Kier molecular flexibility index (Phi) is 7.27. The number of ether oxygens (including phenoxy) is 1. The molecule has 0 N–H and O–H groups in total. The Morgan fingerprint density at radius 3 is 2.71 bits per heavy atom. The second-order valence-corrected chi connectivity index (χ2v) is 8.92. The van der Waals surface area contributed by atoms with Gasteiger partial charge in [0.1, 0.15) is 5.75 Å². The molecule has 4 rings (SSSR count). The van der Waals surface area contributed by atoms with Crippen molar-refractivity contribution in [1.29, 1.82) is 0 Å². The highest BCUT2D eigenvalue weighted by Crippen LogP contribution is 2.44. The predicted octanol–water partition coefficient (Wildman–Crippen LogP) is 5.24. The molecule has 1 aromatic carbocycles. The van der Waals surface area contributed by atoms with E-state index in [1.807, 2.05) is 6.07 Å². The zero-order valence-corrected chi connectivity index (χ0v) is 18.2. The maximum absolute atomic E-state index is 12.0. The lowest BCUT2D eigenvalue weighted by Gasteiger charge is -2.34. The number of rotatable bonds is 5. The third kappa shape index (κ3) is 4.49. The van der Waals surface area contributed by atoms with Crippen LogP contribution in [0.25, 0.3) is 0 Å². The van der Waals surface area contributed by atoms with Crippen LogP contribution < -0.4 is 4.74 Å². The molecule has 0 bridgehead atoms. The van der Waals surface area contributed by atoms with Gasteiger partial charge in [0.15, 0.2) is 0 Å². The van der Waals surface area contributed by atoms with Crippen LogP contribution in [0.15, 0.2) is 18.2 Å². The van der Waals surface area contributed by atoms with Crippen LogP contribution in [0.5, 0.6) is 5.75 Å². The Hall–Kier alpha value is -1.26. The highest BCUT2D eigenvalue weighted by Gasteiger charge is 2.39. The number of benzene rings is 1. The monoisotopic (exact) mass is 406 g/mol. The molecule has 5 heteroatoms. The van der Waals surface area contributed by atoms with Gasteiger partial charge in [-0.1, -0.05) is 37.8 Å². The molecule has 0 spiro atoms. The molecule has 2 atom stereocenters. The van der Waals surface area contributed by atoms with Crippen molar-refractivity contribution in [2.75, 3.05) is 27.2 Å². The van der Waals surface area contributed by atoms with E-state index in [-0.39, 0.29) is 18.5 Å². The fraction of sp³-hybridized carbons (Fsp3) is 0.696. The van der Waals surface area contributed by atoms with Crippen molar-refractivity contribution in [3.63, 3.8) is 0 Å². The van der Waals surface area contributed by atoms with Gasteiger partial charge in [-0.2, -0.15) is 0 Å². The molecule has 1 aliphatic heterocycles. The summed E-state index contributed by atoms with van der Waals surface area (Å²) in [6.45, 7) is 2.49. The molecule has 156 valence electrons. The van der Waals surface area contributed by atoms with Crippen molar-refractivity contribution in [2.24, 2.45) is 5.92 Å². The smallest absolute Gasteiger partial charge is 0.410 e. The van der Waals surface area contributed by atoms with Gasteiger partial charge in [0.05, 0.1) is 0 Å². The van der Waals surface area contributed by atoms with Crippen molar-refractivity contribution < 1.29 is 9.53 Å². The lowest BCUT2D eigenvalue weighted by molar-refractivity contribution is 0.170. The van der Waals surface area contributed by atoms with Crippen molar-refractivity contribution >= 4 is 18.5 Å². The van der Waals surface area contributed by atoms with Crippen LogP contribution in [0.2, 0.25) is 0 Å². The van der Waals surface area contributed by atoms with Gasteiger partial charge in [-0.3, -0.25) is 4.90 Å². The summed E-state index contributed by atoms with van der Waals surface area (Å²) in [4.78, 5) is 16.2. The van der Waals surface area contributed by atoms with Crippen LogP contribution in [-0.4, -0.2) is 49.1 Å². The second-order valence-electron chi connectivity index (χ2n) is 8.92. The average molecular weight is 407 g/mol. The zero-order valence-electron chi connectivity index (χ0n) is 17.4. The summed E-state index contributed by atoms with van der Waals surface area (Å²) in [5, 5.41) is 0. The van der Waals surface area contributed by atoms with Gasteiger partial charge in [0, 0.05) is 26.1 Å². The number of fused-ring (bicyclic) bond motifs is 3. The van der Waals surface area contributed by atoms with Gasteiger partial charge in [-0.15, -0.1) is 12.4 Å². The first-order valence-electron chi connectivity index (χ1n) is 10.9. The van der Waals surface area contributed by atoms with Crippen molar-refractivity contribution in [3.05, 3.63) is 29.3 Å². The Morgan fingerprint density at radius 1 is 1.18 bits per heavy atom. The molecule has 0 radical (unpaired) electrons. The van der Waals surface area contributed by atoms with Crippen LogP contribution in [-0.2, 0) is 6.42 Å². The van der Waals surface area contributed by atoms with E-state index >= 15 is 0 Å². The van der Waals surface area contributed by atoms with Crippen molar-refractivity contribution in [2.45, 2.75) is 69.7 Å². The Bertz CT molecular complexity index is 673. The largest absolute Gasteiger partial charge is 0.414 e. The molecule has 4 nitrogen and oxygen atoms in total. The molecule has 1 saturated carbocycles. The number of nitrogens with zero attached hydrogens (tertiary/aromatic N) is 2. The normalized spacial score (nSPS) is 24.4. The molecule has 1 amide bonds. The molecule has 2 fully saturated rings. The number of hydrogen-bond donors (Lipinski definition) is 0. The Morgan fingerprint density at radius 2 is 1.96 bits per heavy atom. The maximum Gasteiger partial charge on any atom is 0.414 e. The van der Waals surface area contributed by atoms with Crippen LogP contribution in [0.3, 0.4) is 0 Å². The molecule has 1 heterocycles. The first kappa shape index (κ1) is 21.4. The number of halogens is 1. The van der Waals surface area contributed by atoms with E-state index in [1.54, 1.807) is 14.1 Å². The summed E-state index contributed by atoms with van der Waals surface area (Å²) in [5.74, 6) is 2.38. The molecule has 2 aliphatic carbocycles. The molecule has 1 saturated heterocycles. The first-order valence-corrected chi connectivity index (χ1v) is 10.9. The summed E-state index contributed by atoms with van der Waals surface area (Å²) in [5.41, 5.74) is 2.69. The molecular formula is C23H35ClN2O2. The van der Waals surface area contributed by atoms with Gasteiger partial charge in [-0.05, 0) is 68.3 Å². The van der Waals surface area contributed by atoms with Gasteiger partial charge in [-0.25, -0.2) is 4.79 Å². The summed E-state index contributed by atoms with van der Waals surface area (Å²) < 4.78 is 5.64. The first-order chi connectivity index (χ1) is 13.1. The van der Waals surface area contributed by atoms with E-state index in [2.05, 4.69) is 17.0 Å².